The summed E-state index contributed by atoms with van der Waals surface area (Å²) in [7, 11) is 0. The number of fused-ring (bicyclic) bond motifs is 1. The van der Waals surface area contributed by atoms with Crippen LogP contribution in [0, 0.1) is 20.8 Å². The first-order valence-electron chi connectivity index (χ1n) is 10.0. The minimum absolute atomic E-state index is 0. The van der Waals surface area contributed by atoms with Crippen LogP contribution in [0.1, 0.15) is 71.6 Å². The predicted octanol–water partition coefficient (Wildman–Crippen LogP) is 7.98. The Hall–Kier alpha value is -2.35. The first-order valence-corrected chi connectivity index (χ1v) is 10.0. The SMILES string of the molecule is C=C1C(=O)Nc2ccc(C)cc21.CC.CC.CCC.Cc1ccccc1C.[HH]. The second-order valence-corrected chi connectivity index (χ2v) is 5.77. The molecule has 0 saturated heterocycles. The van der Waals surface area contributed by atoms with E-state index in [4.69, 9.17) is 0 Å². The Balaban J connectivity index is -0.000000342. The number of amides is 1. The van der Waals surface area contributed by atoms with Gasteiger partial charge in [0, 0.05) is 18.3 Å². The van der Waals surface area contributed by atoms with Gasteiger partial charge in [-0.1, -0.05) is 90.4 Å². The largest absolute Gasteiger partial charge is 0.321 e. The first kappa shape index (κ1) is 26.9. The molecule has 0 spiro atoms. The van der Waals surface area contributed by atoms with E-state index < -0.39 is 0 Å². The summed E-state index contributed by atoms with van der Waals surface area (Å²) in [4.78, 5) is 11.1. The van der Waals surface area contributed by atoms with Gasteiger partial charge in [-0.2, -0.15) is 0 Å². The Kier molecular flexibility index (Phi) is 15.8. The van der Waals surface area contributed by atoms with Gasteiger partial charge in [0.2, 0.25) is 0 Å². The molecule has 2 heteroatoms. The van der Waals surface area contributed by atoms with Gasteiger partial charge in [-0.05, 0) is 44.0 Å². The highest BCUT2D eigenvalue weighted by molar-refractivity contribution is 6.30. The molecular formula is C25H41NO. The summed E-state index contributed by atoms with van der Waals surface area (Å²) in [6, 6.07) is 14.2. The van der Waals surface area contributed by atoms with E-state index in [0.29, 0.717) is 5.57 Å². The van der Waals surface area contributed by atoms with Crippen LogP contribution in [-0.2, 0) is 4.79 Å². The van der Waals surface area contributed by atoms with E-state index in [2.05, 4.69) is 63.9 Å². The number of benzene rings is 2. The molecule has 3 rings (SSSR count). The van der Waals surface area contributed by atoms with Crippen LogP contribution in [-0.4, -0.2) is 5.91 Å². The molecule has 1 heterocycles. The number of carbonyl (C=O) groups excluding carboxylic acids is 1. The van der Waals surface area contributed by atoms with Crippen molar-refractivity contribution in [3.8, 4) is 0 Å². The second kappa shape index (κ2) is 15.9. The van der Waals surface area contributed by atoms with Gasteiger partial charge in [0.1, 0.15) is 0 Å². The maximum absolute atomic E-state index is 11.1. The van der Waals surface area contributed by atoms with E-state index in [1.54, 1.807) is 0 Å². The first-order chi connectivity index (χ1) is 12.9. The van der Waals surface area contributed by atoms with Crippen molar-refractivity contribution in [1.82, 2.24) is 0 Å². The monoisotopic (exact) mass is 371 g/mol. The minimum Gasteiger partial charge on any atom is -0.321 e. The highest BCUT2D eigenvalue weighted by Crippen LogP contribution is 2.30. The molecule has 0 atom stereocenters. The number of carbonyl (C=O) groups is 1. The summed E-state index contributed by atoms with van der Waals surface area (Å²) >= 11 is 0. The van der Waals surface area contributed by atoms with Gasteiger partial charge in [-0.25, -0.2) is 0 Å². The van der Waals surface area contributed by atoms with Gasteiger partial charge in [-0.3, -0.25) is 4.79 Å². The van der Waals surface area contributed by atoms with Gasteiger partial charge in [-0.15, -0.1) is 0 Å². The second-order valence-electron chi connectivity index (χ2n) is 5.77. The third kappa shape index (κ3) is 9.79. The van der Waals surface area contributed by atoms with Crippen molar-refractivity contribution < 1.29 is 6.22 Å². The molecule has 0 aromatic heterocycles. The molecule has 152 valence electrons. The van der Waals surface area contributed by atoms with Gasteiger partial charge in [0.05, 0.1) is 0 Å². The summed E-state index contributed by atoms with van der Waals surface area (Å²) < 4.78 is 0. The smallest absolute Gasteiger partial charge is 0.255 e. The lowest BCUT2D eigenvalue weighted by Gasteiger charge is -1.97. The highest BCUT2D eigenvalue weighted by atomic mass is 16.1. The molecule has 0 unspecified atom stereocenters. The van der Waals surface area contributed by atoms with Crippen LogP contribution in [0.2, 0.25) is 0 Å². The van der Waals surface area contributed by atoms with Crippen molar-refractivity contribution in [2.45, 2.75) is 68.7 Å². The fourth-order valence-electron chi connectivity index (χ4n) is 2.00. The molecule has 27 heavy (non-hydrogen) atoms. The van der Waals surface area contributed by atoms with Crippen LogP contribution in [0.5, 0.6) is 0 Å². The van der Waals surface area contributed by atoms with Crippen molar-refractivity contribution in [2.75, 3.05) is 5.32 Å². The van der Waals surface area contributed by atoms with E-state index in [9.17, 15) is 4.79 Å². The number of anilines is 1. The molecule has 0 radical (unpaired) electrons. The van der Waals surface area contributed by atoms with E-state index in [1.807, 2.05) is 52.8 Å². The summed E-state index contributed by atoms with van der Waals surface area (Å²) in [6.07, 6.45) is 1.25. The standard InChI is InChI=1S/C10H9NO.C8H10.C3H8.2C2H6.H2/c1-6-3-4-9-8(5-6)7(2)10(12)11-9;1-7-5-3-4-6-8(7)2;1-3-2;2*1-2;/h3-5H,2H2,1H3,(H,11,12);3-6H,1-2H3;3H2,1-2H3;2*1-2H3;1H. The fourth-order valence-corrected chi connectivity index (χ4v) is 2.00. The molecule has 2 aromatic carbocycles. The van der Waals surface area contributed by atoms with Crippen molar-refractivity contribution >= 4 is 17.2 Å². The van der Waals surface area contributed by atoms with Crippen LogP contribution in [0.4, 0.5) is 5.69 Å². The third-order valence-corrected chi connectivity index (χ3v) is 3.45. The Morgan fingerprint density at radius 3 is 1.74 bits per heavy atom. The average molecular weight is 372 g/mol. The molecule has 2 nitrogen and oxygen atoms in total. The quantitative estimate of drug-likeness (QED) is 0.467. The highest BCUT2D eigenvalue weighted by Gasteiger charge is 2.21. The molecule has 0 saturated carbocycles. The number of hydrogen-bond donors (Lipinski definition) is 1. The maximum Gasteiger partial charge on any atom is 0.255 e. The van der Waals surface area contributed by atoms with Gasteiger partial charge in [0.15, 0.2) is 0 Å². The zero-order valence-electron chi connectivity index (χ0n) is 18.9. The summed E-state index contributed by atoms with van der Waals surface area (Å²) in [6.45, 7) is 22.2. The van der Waals surface area contributed by atoms with Crippen LogP contribution < -0.4 is 5.32 Å². The lowest BCUT2D eigenvalue weighted by molar-refractivity contribution is -0.110. The third-order valence-electron chi connectivity index (χ3n) is 3.45. The normalized spacial score (nSPS) is 10.3. The molecule has 0 aliphatic carbocycles. The van der Waals surface area contributed by atoms with E-state index in [1.165, 1.54) is 17.5 Å². The van der Waals surface area contributed by atoms with Crippen molar-refractivity contribution in [2.24, 2.45) is 0 Å². The molecule has 1 amide bonds. The number of nitrogens with one attached hydrogen (secondary N) is 1. The van der Waals surface area contributed by atoms with E-state index >= 15 is 0 Å². The zero-order chi connectivity index (χ0) is 21.4. The van der Waals surface area contributed by atoms with Crippen LogP contribution in [0.3, 0.4) is 0 Å². The molecule has 1 aliphatic rings. The number of hydrogen-bond acceptors (Lipinski definition) is 1. The molecule has 1 aliphatic heterocycles. The number of aryl methyl sites for hydroxylation is 3. The summed E-state index contributed by atoms with van der Waals surface area (Å²) in [5.41, 5.74) is 6.25. The predicted molar refractivity (Wildman–Crippen MR) is 126 cm³/mol. The Bertz CT molecular complexity index is 672. The molecular weight excluding hydrogens is 330 g/mol. The fraction of sp³-hybridized carbons (Fsp3) is 0.400. The molecule has 1 N–H and O–H groups in total. The molecule has 0 bridgehead atoms. The van der Waals surface area contributed by atoms with Gasteiger partial charge >= 0.3 is 0 Å². The zero-order valence-corrected chi connectivity index (χ0v) is 18.9. The van der Waals surface area contributed by atoms with E-state index in [-0.39, 0.29) is 7.33 Å². The Morgan fingerprint density at radius 1 is 0.889 bits per heavy atom. The lowest BCUT2D eigenvalue weighted by Crippen LogP contribution is -2.02. The van der Waals surface area contributed by atoms with Gasteiger partial charge in [0.25, 0.3) is 5.91 Å². The van der Waals surface area contributed by atoms with Crippen molar-refractivity contribution in [3.63, 3.8) is 0 Å². The topological polar surface area (TPSA) is 29.1 Å². The van der Waals surface area contributed by atoms with Crippen LogP contribution >= 0.6 is 0 Å². The minimum atomic E-state index is -0.0874. The van der Waals surface area contributed by atoms with E-state index in [0.717, 1.165) is 16.8 Å². The van der Waals surface area contributed by atoms with Crippen LogP contribution in [0.15, 0.2) is 49.0 Å². The van der Waals surface area contributed by atoms with Crippen LogP contribution in [0.25, 0.3) is 5.57 Å². The number of rotatable bonds is 0. The molecule has 0 fully saturated rings. The Labute approximate surface area is 169 Å². The van der Waals surface area contributed by atoms with Gasteiger partial charge < -0.3 is 5.32 Å². The lowest BCUT2D eigenvalue weighted by atomic mass is 10.1. The molecule has 2 aromatic rings. The summed E-state index contributed by atoms with van der Waals surface area (Å²) in [5, 5.41) is 2.74. The van der Waals surface area contributed by atoms with Crippen molar-refractivity contribution in [1.29, 1.82) is 0 Å². The Morgan fingerprint density at radius 2 is 1.33 bits per heavy atom. The van der Waals surface area contributed by atoms with Crippen molar-refractivity contribution in [3.05, 3.63) is 71.3 Å². The summed E-state index contributed by atoms with van der Waals surface area (Å²) in [5.74, 6) is -0.0874. The maximum atomic E-state index is 11.1. The average Bonchev–Trinajstić information content (AvgIpc) is 2.96.